The number of aryl methyl sites for hydroxylation is 1. The third kappa shape index (κ3) is 4.10. The van der Waals surface area contributed by atoms with Gasteiger partial charge in [0.05, 0.1) is 11.4 Å². The zero-order chi connectivity index (χ0) is 22.8. The first-order valence-electron chi connectivity index (χ1n) is 10.4. The van der Waals surface area contributed by atoms with Gasteiger partial charge < -0.3 is 4.74 Å². The lowest BCUT2D eigenvalue weighted by Crippen LogP contribution is -2.30. The molecule has 7 nitrogen and oxygen atoms in total. The zero-order valence-corrected chi connectivity index (χ0v) is 17.8. The smallest absolute Gasteiger partial charge is 0.409 e. The van der Waals surface area contributed by atoms with Crippen LogP contribution in [0.25, 0.3) is 5.69 Å². The quantitative estimate of drug-likeness (QED) is 0.506. The number of para-hydroxylation sites is 1. The summed E-state index contributed by atoms with van der Waals surface area (Å²) in [5.41, 5.74) is 3.93. The molecule has 0 spiro atoms. The summed E-state index contributed by atoms with van der Waals surface area (Å²) in [4.78, 5) is 17.5. The highest BCUT2D eigenvalue weighted by atomic mass is 19.1. The van der Waals surface area contributed by atoms with Crippen LogP contribution in [0.2, 0.25) is 0 Å². The van der Waals surface area contributed by atoms with Gasteiger partial charge in [-0.2, -0.15) is 0 Å². The predicted molar refractivity (Wildman–Crippen MR) is 121 cm³/mol. The minimum Gasteiger partial charge on any atom is -0.445 e. The maximum absolute atomic E-state index is 13.4. The van der Waals surface area contributed by atoms with Crippen LogP contribution in [0, 0.1) is 12.7 Å². The SMILES string of the molecule is Cc1nnc2n1-c1ccccc1C(c1ccccc1)=NC2NC(=O)OCc1cccc(F)c1. The topological polar surface area (TPSA) is 81.4 Å². The molecule has 1 aromatic heterocycles. The number of alkyl carbamates (subject to hydrolysis) is 1. The Balaban J connectivity index is 1.51. The zero-order valence-electron chi connectivity index (χ0n) is 17.8. The van der Waals surface area contributed by atoms with Crippen LogP contribution in [0.15, 0.2) is 83.9 Å². The molecule has 1 amide bonds. The summed E-state index contributed by atoms with van der Waals surface area (Å²) in [6, 6.07) is 23.5. The molecular formula is C25H20FN5O2. The number of benzene rings is 3. The Morgan fingerprint density at radius 1 is 1.03 bits per heavy atom. The molecule has 1 N–H and O–H groups in total. The Hall–Kier alpha value is -4.33. The van der Waals surface area contributed by atoms with Crippen molar-refractivity contribution in [3.8, 4) is 5.69 Å². The Bertz CT molecular complexity index is 1350. The monoisotopic (exact) mass is 441 g/mol. The fraction of sp³-hybridized carbons (Fsp3) is 0.120. The molecule has 8 heteroatoms. The summed E-state index contributed by atoms with van der Waals surface area (Å²) in [5, 5.41) is 11.3. The van der Waals surface area contributed by atoms with E-state index in [4.69, 9.17) is 9.73 Å². The van der Waals surface area contributed by atoms with Gasteiger partial charge in [-0.05, 0) is 30.7 Å². The Morgan fingerprint density at radius 3 is 2.64 bits per heavy atom. The number of amides is 1. The molecule has 1 aliphatic rings. The van der Waals surface area contributed by atoms with Gasteiger partial charge in [0.2, 0.25) is 0 Å². The first-order valence-corrected chi connectivity index (χ1v) is 10.4. The number of rotatable bonds is 4. The molecule has 2 heterocycles. The average molecular weight is 441 g/mol. The molecule has 3 aromatic carbocycles. The van der Waals surface area contributed by atoms with Crippen LogP contribution in [0.4, 0.5) is 9.18 Å². The summed E-state index contributed by atoms with van der Waals surface area (Å²) in [5.74, 6) is 0.745. The van der Waals surface area contributed by atoms with E-state index in [2.05, 4.69) is 15.5 Å². The van der Waals surface area contributed by atoms with Gasteiger partial charge in [-0.3, -0.25) is 14.9 Å². The van der Waals surface area contributed by atoms with Crippen LogP contribution in [0.5, 0.6) is 0 Å². The van der Waals surface area contributed by atoms with Crippen LogP contribution in [0.1, 0.15) is 34.5 Å². The van der Waals surface area contributed by atoms with Crippen LogP contribution in [0.3, 0.4) is 0 Å². The third-order valence-electron chi connectivity index (χ3n) is 5.31. The Labute approximate surface area is 189 Å². The summed E-state index contributed by atoms with van der Waals surface area (Å²) >= 11 is 0. The van der Waals surface area contributed by atoms with Crippen molar-refractivity contribution in [1.82, 2.24) is 20.1 Å². The summed E-state index contributed by atoms with van der Waals surface area (Å²) in [6.07, 6.45) is -1.53. The van der Waals surface area contributed by atoms with Gasteiger partial charge in [0.15, 0.2) is 12.0 Å². The average Bonchev–Trinajstić information content (AvgIpc) is 3.15. The van der Waals surface area contributed by atoms with E-state index >= 15 is 0 Å². The molecule has 0 saturated heterocycles. The molecule has 0 aliphatic carbocycles. The molecule has 164 valence electrons. The normalized spacial score (nSPS) is 14.5. The van der Waals surface area contributed by atoms with Crippen LogP contribution in [-0.4, -0.2) is 26.6 Å². The van der Waals surface area contributed by atoms with Crippen molar-refractivity contribution in [2.75, 3.05) is 0 Å². The molecule has 0 saturated carbocycles. The first-order chi connectivity index (χ1) is 16.1. The number of nitrogens with zero attached hydrogens (tertiary/aromatic N) is 4. The van der Waals surface area contributed by atoms with Crippen molar-refractivity contribution in [3.63, 3.8) is 0 Å². The number of nitrogens with one attached hydrogen (secondary N) is 1. The van der Waals surface area contributed by atoms with Crippen molar-refractivity contribution in [2.45, 2.75) is 19.7 Å². The molecule has 1 atom stereocenters. The van der Waals surface area contributed by atoms with Crippen molar-refractivity contribution in [1.29, 1.82) is 0 Å². The lowest BCUT2D eigenvalue weighted by Gasteiger charge is -2.14. The van der Waals surface area contributed by atoms with E-state index in [1.807, 2.05) is 66.1 Å². The standard InChI is InChI=1S/C25H20FN5O2/c1-16-29-30-24-23(28-25(32)33-15-17-8-7-11-19(26)14-17)27-22(18-9-3-2-4-10-18)20-12-5-6-13-21(20)31(16)24/h2-14,23H,15H2,1H3,(H,28,32). The molecule has 1 unspecified atom stereocenters. The number of aromatic nitrogens is 3. The number of carbonyl (C=O) groups excluding carboxylic acids is 1. The van der Waals surface area contributed by atoms with Crippen LogP contribution >= 0.6 is 0 Å². The van der Waals surface area contributed by atoms with E-state index in [1.165, 1.54) is 12.1 Å². The first kappa shape index (κ1) is 20.6. The number of ether oxygens (including phenoxy) is 1. The second kappa shape index (κ2) is 8.66. The van der Waals surface area contributed by atoms with Gasteiger partial charge >= 0.3 is 6.09 Å². The molecular weight excluding hydrogens is 421 g/mol. The van der Waals surface area contributed by atoms with Gasteiger partial charge in [-0.15, -0.1) is 10.2 Å². The van der Waals surface area contributed by atoms with Crippen molar-refractivity contribution >= 4 is 11.8 Å². The second-order valence-corrected chi connectivity index (χ2v) is 7.55. The van der Waals surface area contributed by atoms with Crippen molar-refractivity contribution in [3.05, 3.63) is 113 Å². The van der Waals surface area contributed by atoms with E-state index in [0.29, 0.717) is 22.9 Å². The highest BCUT2D eigenvalue weighted by molar-refractivity contribution is 6.15. The minimum absolute atomic E-state index is 0.0719. The molecule has 5 rings (SSSR count). The molecule has 1 aliphatic heterocycles. The molecule has 4 aromatic rings. The Morgan fingerprint density at radius 2 is 1.82 bits per heavy atom. The lowest BCUT2D eigenvalue weighted by atomic mass is 10.0. The molecule has 0 bridgehead atoms. The van der Waals surface area contributed by atoms with E-state index in [1.54, 1.807) is 12.1 Å². The van der Waals surface area contributed by atoms with E-state index < -0.39 is 18.1 Å². The third-order valence-corrected chi connectivity index (χ3v) is 5.31. The van der Waals surface area contributed by atoms with Crippen molar-refractivity contribution < 1.29 is 13.9 Å². The highest BCUT2D eigenvalue weighted by Crippen LogP contribution is 2.29. The fourth-order valence-electron chi connectivity index (χ4n) is 3.83. The number of aliphatic imine (C=N–C) groups is 1. The van der Waals surface area contributed by atoms with Crippen molar-refractivity contribution in [2.24, 2.45) is 4.99 Å². The number of carbonyl (C=O) groups is 1. The van der Waals surface area contributed by atoms with Gasteiger partial charge in [0.25, 0.3) is 0 Å². The summed E-state index contributed by atoms with van der Waals surface area (Å²) < 4.78 is 20.6. The maximum atomic E-state index is 13.4. The molecule has 33 heavy (non-hydrogen) atoms. The predicted octanol–water partition coefficient (Wildman–Crippen LogP) is 4.49. The van der Waals surface area contributed by atoms with E-state index in [0.717, 1.165) is 16.8 Å². The molecule has 0 radical (unpaired) electrons. The van der Waals surface area contributed by atoms with E-state index in [-0.39, 0.29) is 6.61 Å². The fourth-order valence-corrected chi connectivity index (χ4v) is 3.83. The lowest BCUT2D eigenvalue weighted by molar-refractivity contribution is 0.135. The number of hydrogen-bond donors (Lipinski definition) is 1. The maximum Gasteiger partial charge on any atom is 0.409 e. The van der Waals surface area contributed by atoms with E-state index in [9.17, 15) is 9.18 Å². The van der Waals surface area contributed by atoms with Gasteiger partial charge in [0, 0.05) is 11.1 Å². The Kier molecular flexibility index (Phi) is 5.40. The largest absolute Gasteiger partial charge is 0.445 e. The van der Waals surface area contributed by atoms with Gasteiger partial charge in [-0.25, -0.2) is 9.18 Å². The van der Waals surface area contributed by atoms with Gasteiger partial charge in [0.1, 0.15) is 18.2 Å². The van der Waals surface area contributed by atoms with Crippen LogP contribution < -0.4 is 5.32 Å². The highest BCUT2D eigenvalue weighted by Gasteiger charge is 2.29. The number of halogens is 1. The number of fused-ring (bicyclic) bond motifs is 3. The molecule has 0 fully saturated rings. The second-order valence-electron chi connectivity index (χ2n) is 7.55. The summed E-state index contributed by atoms with van der Waals surface area (Å²) in [6.45, 7) is 1.78. The van der Waals surface area contributed by atoms with Gasteiger partial charge in [-0.1, -0.05) is 60.7 Å². The number of hydrogen-bond acceptors (Lipinski definition) is 5. The summed E-state index contributed by atoms with van der Waals surface area (Å²) in [7, 11) is 0. The minimum atomic E-state index is -0.839. The van der Waals surface area contributed by atoms with Crippen LogP contribution in [-0.2, 0) is 11.3 Å².